The number of thiazole rings is 1. The molecule has 90 valence electrons. The Kier molecular flexibility index (Phi) is 2.56. The van der Waals surface area contributed by atoms with E-state index >= 15 is 0 Å². The Morgan fingerprint density at radius 1 is 1.39 bits per heavy atom. The van der Waals surface area contributed by atoms with Crippen LogP contribution in [-0.2, 0) is 7.05 Å². The van der Waals surface area contributed by atoms with Gasteiger partial charge in [-0.2, -0.15) is 5.10 Å². The van der Waals surface area contributed by atoms with Gasteiger partial charge in [0, 0.05) is 18.9 Å². The zero-order chi connectivity index (χ0) is 12.5. The fourth-order valence-corrected chi connectivity index (χ4v) is 2.39. The van der Waals surface area contributed by atoms with Crippen molar-refractivity contribution in [3.05, 3.63) is 41.7 Å². The quantitative estimate of drug-likeness (QED) is 0.767. The number of rotatable bonds is 2. The smallest absolute Gasteiger partial charge is 0.273 e. The van der Waals surface area contributed by atoms with E-state index in [1.54, 1.807) is 36.2 Å². The number of aromatic nitrogens is 3. The van der Waals surface area contributed by atoms with Crippen LogP contribution in [0.3, 0.4) is 0 Å². The lowest BCUT2D eigenvalue weighted by Gasteiger charge is -2.05. The third-order valence-corrected chi connectivity index (χ3v) is 3.45. The number of nitrogens with zero attached hydrogens (tertiary/aromatic N) is 3. The Bertz CT molecular complexity index is 716. The standard InChI is InChI=1S/C12H10N4OS/c1-16-10(4-5-14-16)12(17)15-8-2-3-11-9(6-8)13-7-18-11/h2-7H,1H3,(H,15,17). The molecule has 0 radical (unpaired) electrons. The maximum atomic E-state index is 12.0. The highest BCUT2D eigenvalue weighted by molar-refractivity contribution is 7.16. The first-order valence-corrected chi connectivity index (χ1v) is 6.24. The SMILES string of the molecule is Cn1nccc1C(=O)Nc1ccc2scnc2c1. The van der Waals surface area contributed by atoms with Gasteiger partial charge in [-0.3, -0.25) is 9.48 Å². The Balaban J connectivity index is 1.88. The van der Waals surface area contributed by atoms with Crippen LogP contribution in [0.15, 0.2) is 36.0 Å². The summed E-state index contributed by atoms with van der Waals surface area (Å²) in [6.07, 6.45) is 1.60. The maximum Gasteiger partial charge on any atom is 0.273 e. The fourth-order valence-electron chi connectivity index (χ4n) is 1.73. The van der Waals surface area contributed by atoms with Crippen LogP contribution >= 0.6 is 11.3 Å². The molecule has 0 aliphatic carbocycles. The van der Waals surface area contributed by atoms with Gasteiger partial charge in [-0.05, 0) is 24.3 Å². The van der Waals surface area contributed by atoms with Crippen molar-refractivity contribution < 1.29 is 4.79 Å². The van der Waals surface area contributed by atoms with Crippen molar-refractivity contribution in [3.8, 4) is 0 Å². The zero-order valence-electron chi connectivity index (χ0n) is 9.62. The molecule has 2 heterocycles. The minimum atomic E-state index is -0.176. The Morgan fingerprint density at radius 2 is 2.28 bits per heavy atom. The first-order chi connectivity index (χ1) is 8.74. The van der Waals surface area contributed by atoms with Gasteiger partial charge in [-0.15, -0.1) is 11.3 Å². The second kappa shape index (κ2) is 4.23. The van der Waals surface area contributed by atoms with E-state index in [4.69, 9.17) is 0 Å². The zero-order valence-corrected chi connectivity index (χ0v) is 10.4. The summed E-state index contributed by atoms with van der Waals surface area (Å²) >= 11 is 1.58. The fraction of sp³-hybridized carbons (Fsp3) is 0.0833. The molecule has 1 aromatic carbocycles. The number of hydrogen-bond acceptors (Lipinski definition) is 4. The summed E-state index contributed by atoms with van der Waals surface area (Å²) in [4.78, 5) is 16.2. The monoisotopic (exact) mass is 258 g/mol. The maximum absolute atomic E-state index is 12.0. The van der Waals surface area contributed by atoms with Crippen molar-refractivity contribution in [3.63, 3.8) is 0 Å². The average molecular weight is 258 g/mol. The summed E-state index contributed by atoms with van der Waals surface area (Å²) in [6.45, 7) is 0. The molecule has 0 saturated carbocycles. The van der Waals surface area contributed by atoms with Crippen molar-refractivity contribution >= 4 is 33.1 Å². The molecule has 18 heavy (non-hydrogen) atoms. The van der Waals surface area contributed by atoms with Crippen molar-refractivity contribution in [2.45, 2.75) is 0 Å². The molecule has 1 amide bonds. The molecule has 0 aliphatic rings. The predicted molar refractivity (Wildman–Crippen MR) is 70.8 cm³/mol. The molecule has 1 N–H and O–H groups in total. The number of fused-ring (bicyclic) bond motifs is 1. The minimum Gasteiger partial charge on any atom is -0.321 e. The number of aryl methyl sites for hydroxylation is 1. The lowest BCUT2D eigenvalue weighted by Crippen LogP contribution is -2.15. The van der Waals surface area contributed by atoms with Gasteiger partial charge in [0.05, 0.1) is 15.7 Å². The molecule has 0 aliphatic heterocycles. The van der Waals surface area contributed by atoms with Crippen LogP contribution in [0.1, 0.15) is 10.5 Å². The van der Waals surface area contributed by atoms with E-state index < -0.39 is 0 Å². The van der Waals surface area contributed by atoms with Crippen LogP contribution in [0.4, 0.5) is 5.69 Å². The molecule has 6 heteroatoms. The molecule has 0 saturated heterocycles. The van der Waals surface area contributed by atoms with Crippen molar-refractivity contribution in [2.24, 2.45) is 7.05 Å². The molecule has 0 spiro atoms. The Hall–Kier alpha value is -2.21. The highest BCUT2D eigenvalue weighted by Crippen LogP contribution is 2.21. The van der Waals surface area contributed by atoms with Crippen molar-refractivity contribution in [1.29, 1.82) is 0 Å². The molecular weight excluding hydrogens is 248 g/mol. The van der Waals surface area contributed by atoms with Crippen LogP contribution in [-0.4, -0.2) is 20.7 Å². The van der Waals surface area contributed by atoms with Crippen LogP contribution in [0.25, 0.3) is 10.2 Å². The van der Waals surface area contributed by atoms with Crippen LogP contribution < -0.4 is 5.32 Å². The molecule has 0 bridgehead atoms. The number of nitrogens with one attached hydrogen (secondary N) is 1. The van der Waals surface area contributed by atoms with Gasteiger partial charge in [-0.25, -0.2) is 4.98 Å². The summed E-state index contributed by atoms with van der Waals surface area (Å²) in [5.74, 6) is -0.176. The summed E-state index contributed by atoms with van der Waals surface area (Å²) in [5.41, 5.74) is 3.94. The van der Waals surface area contributed by atoms with E-state index in [-0.39, 0.29) is 5.91 Å². The van der Waals surface area contributed by atoms with Crippen LogP contribution in [0, 0.1) is 0 Å². The van der Waals surface area contributed by atoms with Crippen LogP contribution in [0.5, 0.6) is 0 Å². The van der Waals surface area contributed by atoms with E-state index in [1.165, 1.54) is 4.68 Å². The highest BCUT2D eigenvalue weighted by atomic mass is 32.1. The number of carbonyl (C=O) groups is 1. The molecule has 0 unspecified atom stereocenters. The van der Waals surface area contributed by atoms with Gasteiger partial charge in [0.2, 0.25) is 0 Å². The van der Waals surface area contributed by atoms with Gasteiger partial charge in [0.25, 0.3) is 5.91 Å². The normalized spacial score (nSPS) is 10.7. The molecule has 2 aromatic heterocycles. The third-order valence-electron chi connectivity index (χ3n) is 2.64. The van der Waals surface area contributed by atoms with Gasteiger partial charge >= 0.3 is 0 Å². The number of benzene rings is 1. The van der Waals surface area contributed by atoms with Gasteiger partial charge in [-0.1, -0.05) is 0 Å². The second-order valence-electron chi connectivity index (χ2n) is 3.83. The summed E-state index contributed by atoms with van der Waals surface area (Å²) in [6, 6.07) is 7.36. The van der Waals surface area contributed by atoms with Gasteiger partial charge < -0.3 is 5.32 Å². The first kappa shape index (κ1) is 10.9. The van der Waals surface area contributed by atoms with Gasteiger partial charge in [0.15, 0.2) is 0 Å². The van der Waals surface area contributed by atoms with E-state index in [0.717, 1.165) is 15.9 Å². The van der Waals surface area contributed by atoms with Crippen LogP contribution in [0.2, 0.25) is 0 Å². The number of amides is 1. The lowest BCUT2D eigenvalue weighted by molar-refractivity contribution is 0.101. The molecule has 0 fully saturated rings. The number of anilines is 1. The Labute approximate surface area is 107 Å². The van der Waals surface area contributed by atoms with Gasteiger partial charge in [0.1, 0.15) is 5.69 Å². The summed E-state index contributed by atoms with van der Waals surface area (Å²) in [7, 11) is 1.73. The molecule has 5 nitrogen and oxygen atoms in total. The molecule has 3 rings (SSSR count). The number of carbonyl (C=O) groups excluding carboxylic acids is 1. The van der Waals surface area contributed by atoms with E-state index in [0.29, 0.717) is 5.69 Å². The number of hydrogen-bond donors (Lipinski definition) is 1. The van der Waals surface area contributed by atoms with Crippen molar-refractivity contribution in [2.75, 3.05) is 5.32 Å². The third kappa shape index (κ3) is 1.86. The predicted octanol–water partition coefficient (Wildman–Crippen LogP) is 2.28. The van der Waals surface area contributed by atoms with E-state index in [9.17, 15) is 4.79 Å². The minimum absolute atomic E-state index is 0.176. The topological polar surface area (TPSA) is 59.8 Å². The highest BCUT2D eigenvalue weighted by Gasteiger charge is 2.10. The molecule has 0 atom stereocenters. The molecule has 3 aromatic rings. The second-order valence-corrected chi connectivity index (χ2v) is 4.72. The largest absolute Gasteiger partial charge is 0.321 e. The molecular formula is C12H10N4OS. The van der Waals surface area contributed by atoms with Crippen molar-refractivity contribution in [1.82, 2.24) is 14.8 Å². The van der Waals surface area contributed by atoms with E-state index in [1.807, 2.05) is 18.2 Å². The summed E-state index contributed by atoms with van der Waals surface area (Å²) < 4.78 is 2.64. The Morgan fingerprint density at radius 3 is 3.06 bits per heavy atom. The van der Waals surface area contributed by atoms with E-state index in [2.05, 4.69) is 15.4 Å². The lowest BCUT2D eigenvalue weighted by atomic mass is 10.3. The summed E-state index contributed by atoms with van der Waals surface area (Å²) in [5, 5.41) is 6.80. The average Bonchev–Trinajstić information content (AvgIpc) is 2.96. The first-order valence-electron chi connectivity index (χ1n) is 5.36.